The summed E-state index contributed by atoms with van der Waals surface area (Å²) in [5, 5.41) is 9.71. The summed E-state index contributed by atoms with van der Waals surface area (Å²) in [6.45, 7) is 1.13. The van der Waals surface area contributed by atoms with Gasteiger partial charge in [-0.3, -0.25) is 14.3 Å². The highest BCUT2D eigenvalue weighted by atomic mass is 32.2. The summed E-state index contributed by atoms with van der Waals surface area (Å²) in [5.74, 6) is -0.272. The van der Waals surface area contributed by atoms with Gasteiger partial charge in [-0.1, -0.05) is 60.7 Å². The number of anilines is 1. The number of hydrogen-bond acceptors (Lipinski definition) is 4. The molecule has 4 aromatic rings. The molecule has 0 fully saturated rings. The van der Waals surface area contributed by atoms with Crippen LogP contribution in [0.4, 0.5) is 5.69 Å². The number of hydrogen-bond donors (Lipinski definition) is 2. The molecule has 2 heterocycles. The van der Waals surface area contributed by atoms with Crippen molar-refractivity contribution in [3.63, 3.8) is 0 Å². The lowest BCUT2D eigenvalue weighted by Gasteiger charge is -2.23. The molecule has 3 aromatic carbocycles. The second-order valence-electron chi connectivity index (χ2n) is 8.13. The van der Waals surface area contributed by atoms with Gasteiger partial charge in [-0.25, -0.2) is 0 Å². The standard InChI is InChI=1S/C27H24N4O2S/c32-26(16-25-27(33)30-23-8-3-4-9-24(23)34-25)28-17-21-6-1-2-7-22(21)20-12-10-19(11-13-20)18-31-15-5-14-29-31/h1-15,25H,16-18H2,(H,28,32)(H,30,33). The average Bonchev–Trinajstić information content (AvgIpc) is 3.37. The number of benzene rings is 3. The predicted octanol–water partition coefficient (Wildman–Crippen LogP) is 4.72. The molecular formula is C27H24N4O2S. The van der Waals surface area contributed by atoms with E-state index in [9.17, 15) is 9.59 Å². The second-order valence-corrected chi connectivity index (χ2v) is 9.38. The Morgan fingerprint density at radius 1 is 1.00 bits per heavy atom. The number of para-hydroxylation sites is 1. The van der Waals surface area contributed by atoms with Gasteiger partial charge in [0, 0.05) is 30.3 Å². The van der Waals surface area contributed by atoms with Gasteiger partial charge in [-0.05, 0) is 40.5 Å². The van der Waals surface area contributed by atoms with E-state index < -0.39 is 5.25 Å². The predicted molar refractivity (Wildman–Crippen MR) is 134 cm³/mol. The lowest BCUT2D eigenvalue weighted by molar-refractivity contribution is -0.124. The van der Waals surface area contributed by atoms with Gasteiger partial charge >= 0.3 is 0 Å². The number of thioether (sulfide) groups is 1. The van der Waals surface area contributed by atoms with Crippen LogP contribution in [-0.4, -0.2) is 26.8 Å². The first-order valence-corrected chi connectivity index (χ1v) is 12.0. The van der Waals surface area contributed by atoms with Crippen LogP contribution in [-0.2, 0) is 22.7 Å². The van der Waals surface area contributed by atoms with Gasteiger partial charge in [-0.2, -0.15) is 5.10 Å². The summed E-state index contributed by atoms with van der Waals surface area (Å²) in [6.07, 6.45) is 3.85. The molecule has 2 N–H and O–H groups in total. The molecule has 0 radical (unpaired) electrons. The molecule has 0 aliphatic carbocycles. The molecule has 7 heteroatoms. The van der Waals surface area contributed by atoms with Crippen LogP contribution in [0.2, 0.25) is 0 Å². The third kappa shape index (κ3) is 5.05. The van der Waals surface area contributed by atoms with Crippen molar-refractivity contribution < 1.29 is 9.59 Å². The summed E-state index contributed by atoms with van der Waals surface area (Å²) >= 11 is 1.44. The first kappa shape index (κ1) is 22.0. The normalized spacial score (nSPS) is 14.8. The van der Waals surface area contributed by atoms with Crippen molar-refractivity contribution in [3.8, 4) is 11.1 Å². The molecule has 170 valence electrons. The highest BCUT2D eigenvalue weighted by Gasteiger charge is 2.28. The van der Waals surface area contributed by atoms with E-state index in [1.165, 1.54) is 17.3 Å². The van der Waals surface area contributed by atoms with Crippen molar-refractivity contribution in [1.29, 1.82) is 0 Å². The van der Waals surface area contributed by atoms with Crippen LogP contribution in [0, 0.1) is 0 Å². The first-order chi connectivity index (χ1) is 16.7. The average molecular weight is 469 g/mol. The lowest BCUT2D eigenvalue weighted by Crippen LogP contribution is -2.34. The molecule has 0 bridgehead atoms. The van der Waals surface area contributed by atoms with Crippen molar-refractivity contribution >= 4 is 29.3 Å². The molecule has 6 nitrogen and oxygen atoms in total. The smallest absolute Gasteiger partial charge is 0.238 e. The van der Waals surface area contributed by atoms with E-state index in [-0.39, 0.29) is 18.2 Å². The van der Waals surface area contributed by atoms with Crippen molar-refractivity contribution in [2.45, 2.75) is 29.7 Å². The number of aromatic nitrogens is 2. The molecule has 2 amide bonds. The van der Waals surface area contributed by atoms with Crippen LogP contribution >= 0.6 is 11.8 Å². The number of fused-ring (bicyclic) bond motifs is 1. The Morgan fingerprint density at radius 2 is 1.79 bits per heavy atom. The summed E-state index contributed by atoms with van der Waals surface area (Å²) in [4.78, 5) is 26.1. The molecule has 0 saturated carbocycles. The molecule has 5 rings (SSSR count). The van der Waals surface area contributed by atoms with Gasteiger partial charge in [-0.15, -0.1) is 11.8 Å². The third-order valence-electron chi connectivity index (χ3n) is 5.74. The zero-order chi connectivity index (χ0) is 23.3. The van der Waals surface area contributed by atoms with Gasteiger partial charge in [0.1, 0.15) is 0 Å². The van der Waals surface area contributed by atoms with Gasteiger partial charge in [0.15, 0.2) is 0 Å². The van der Waals surface area contributed by atoms with Gasteiger partial charge in [0.05, 0.1) is 17.5 Å². The highest BCUT2D eigenvalue weighted by molar-refractivity contribution is 8.01. The SMILES string of the molecule is O=C(CC1Sc2ccccc2NC1=O)NCc1ccccc1-c1ccc(Cn2cccn2)cc1. The molecule has 1 aromatic heterocycles. The minimum absolute atomic E-state index is 0.130. The Kier molecular flexibility index (Phi) is 6.44. The van der Waals surface area contributed by atoms with Crippen LogP contribution in [0.3, 0.4) is 0 Å². The minimum atomic E-state index is -0.438. The number of carbonyl (C=O) groups excluding carboxylic acids is 2. The van der Waals surface area contributed by atoms with Crippen LogP contribution < -0.4 is 10.6 Å². The molecule has 0 saturated heterocycles. The Bertz CT molecular complexity index is 1300. The van der Waals surface area contributed by atoms with Crippen LogP contribution in [0.25, 0.3) is 11.1 Å². The number of nitrogens with zero attached hydrogens (tertiary/aromatic N) is 2. The third-order valence-corrected chi connectivity index (χ3v) is 7.01. The zero-order valence-electron chi connectivity index (χ0n) is 18.5. The summed E-state index contributed by atoms with van der Waals surface area (Å²) < 4.78 is 1.89. The van der Waals surface area contributed by atoms with Crippen LogP contribution in [0.15, 0.2) is 96.2 Å². The summed E-state index contributed by atoms with van der Waals surface area (Å²) in [7, 11) is 0. The van der Waals surface area contributed by atoms with Crippen LogP contribution in [0.5, 0.6) is 0 Å². The van der Waals surface area contributed by atoms with E-state index in [0.29, 0.717) is 6.54 Å². The Labute approximate surface area is 202 Å². The number of nitrogens with one attached hydrogen (secondary N) is 2. The van der Waals surface area contributed by atoms with E-state index in [4.69, 9.17) is 0 Å². The fourth-order valence-electron chi connectivity index (χ4n) is 3.99. The van der Waals surface area contributed by atoms with Crippen molar-refractivity contribution in [3.05, 3.63) is 102 Å². The minimum Gasteiger partial charge on any atom is -0.352 e. The maximum absolute atomic E-state index is 12.7. The molecule has 1 unspecified atom stereocenters. The second kappa shape index (κ2) is 9.97. The van der Waals surface area contributed by atoms with Gasteiger partial charge in [0.2, 0.25) is 11.8 Å². The topological polar surface area (TPSA) is 76.0 Å². The Morgan fingerprint density at radius 3 is 2.62 bits per heavy atom. The molecule has 1 aliphatic heterocycles. The highest BCUT2D eigenvalue weighted by Crippen LogP contribution is 2.36. The summed E-state index contributed by atoms with van der Waals surface area (Å²) in [6, 6.07) is 26.0. The summed E-state index contributed by atoms with van der Waals surface area (Å²) in [5.41, 5.74) is 5.17. The van der Waals surface area contributed by atoms with E-state index >= 15 is 0 Å². The molecule has 1 atom stereocenters. The maximum atomic E-state index is 12.7. The largest absolute Gasteiger partial charge is 0.352 e. The fraction of sp³-hybridized carbons (Fsp3) is 0.148. The molecular weight excluding hydrogens is 444 g/mol. The fourth-order valence-corrected chi connectivity index (χ4v) is 5.10. The van der Waals surface area contributed by atoms with E-state index in [2.05, 4.69) is 46.1 Å². The van der Waals surface area contributed by atoms with E-state index in [1.807, 2.05) is 59.4 Å². The Hall–Kier alpha value is -3.84. The van der Waals surface area contributed by atoms with E-state index in [1.54, 1.807) is 6.20 Å². The number of amides is 2. The quantitative estimate of drug-likeness (QED) is 0.412. The van der Waals surface area contributed by atoms with Crippen LogP contribution in [0.1, 0.15) is 17.5 Å². The van der Waals surface area contributed by atoms with Crippen molar-refractivity contribution in [2.24, 2.45) is 0 Å². The van der Waals surface area contributed by atoms with Gasteiger partial charge in [0.25, 0.3) is 0 Å². The lowest BCUT2D eigenvalue weighted by atomic mass is 9.98. The van der Waals surface area contributed by atoms with E-state index in [0.717, 1.165) is 33.8 Å². The first-order valence-electron chi connectivity index (χ1n) is 11.1. The zero-order valence-corrected chi connectivity index (χ0v) is 19.3. The molecule has 0 spiro atoms. The van der Waals surface area contributed by atoms with Gasteiger partial charge < -0.3 is 10.6 Å². The van der Waals surface area contributed by atoms with Crippen molar-refractivity contribution in [2.75, 3.05) is 5.32 Å². The monoisotopic (exact) mass is 468 g/mol. The number of rotatable bonds is 7. The molecule has 1 aliphatic rings. The number of carbonyl (C=O) groups is 2. The molecule has 34 heavy (non-hydrogen) atoms. The maximum Gasteiger partial charge on any atom is 0.238 e. The van der Waals surface area contributed by atoms with Crippen molar-refractivity contribution in [1.82, 2.24) is 15.1 Å². The Balaban J connectivity index is 1.22.